The Bertz CT molecular complexity index is 903. The van der Waals surface area contributed by atoms with E-state index < -0.39 is 12.1 Å². The molecule has 0 N–H and O–H groups in total. The summed E-state index contributed by atoms with van der Waals surface area (Å²) in [4.78, 5) is 31.4. The Morgan fingerprint density at radius 1 is 1.19 bits per heavy atom. The van der Waals surface area contributed by atoms with Crippen LogP contribution in [0.1, 0.15) is 22.3 Å². The minimum Gasteiger partial charge on any atom is -0.462 e. The standard InChI is InChI=1S/C19H18N2O4S/c1-12(18(22)21(3)14-8-5-4-6-9-14)25-19(23)16-13(2)26-17(20-16)15-10-7-11-24-15/h4-12H,1-3H3. The lowest BCUT2D eigenvalue weighted by molar-refractivity contribution is -0.126. The van der Waals surface area contributed by atoms with Crippen LogP contribution in [0.3, 0.4) is 0 Å². The van der Waals surface area contributed by atoms with Crippen molar-refractivity contribution in [3.05, 3.63) is 59.3 Å². The summed E-state index contributed by atoms with van der Waals surface area (Å²) >= 11 is 1.34. The predicted octanol–water partition coefficient (Wildman–Crippen LogP) is 3.92. The van der Waals surface area contributed by atoms with Gasteiger partial charge in [-0.2, -0.15) is 0 Å². The average Bonchev–Trinajstić information content (AvgIpc) is 3.30. The van der Waals surface area contributed by atoms with Crippen LogP contribution in [0, 0.1) is 6.92 Å². The van der Waals surface area contributed by atoms with Crippen LogP contribution < -0.4 is 4.90 Å². The first-order valence-corrected chi connectivity index (χ1v) is 8.84. The second-order valence-corrected chi connectivity index (χ2v) is 6.88. The Hall–Kier alpha value is -2.93. The van der Waals surface area contributed by atoms with Crippen LogP contribution in [-0.4, -0.2) is 30.0 Å². The maximum absolute atomic E-state index is 12.5. The minimum atomic E-state index is -0.930. The minimum absolute atomic E-state index is 0.198. The number of ether oxygens (including phenoxy) is 1. The molecule has 0 saturated carbocycles. The number of carbonyl (C=O) groups excluding carboxylic acids is 2. The lowest BCUT2D eigenvalue weighted by Gasteiger charge is -2.21. The molecular weight excluding hydrogens is 352 g/mol. The Labute approximate surface area is 155 Å². The van der Waals surface area contributed by atoms with Gasteiger partial charge < -0.3 is 14.1 Å². The summed E-state index contributed by atoms with van der Waals surface area (Å²) in [7, 11) is 1.64. The molecule has 1 atom stereocenters. The van der Waals surface area contributed by atoms with E-state index >= 15 is 0 Å². The molecule has 134 valence electrons. The number of hydrogen-bond acceptors (Lipinski definition) is 6. The molecule has 0 spiro atoms. The molecular formula is C19H18N2O4S. The van der Waals surface area contributed by atoms with E-state index in [-0.39, 0.29) is 11.6 Å². The normalized spacial score (nSPS) is 11.8. The monoisotopic (exact) mass is 370 g/mol. The third-order valence-electron chi connectivity index (χ3n) is 3.83. The van der Waals surface area contributed by atoms with Crippen LogP contribution in [0.5, 0.6) is 0 Å². The average molecular weight is 370 g/mol. The number of aromatic nitrogens is 1. The van der Waals surface area contributed by atoms with Crippen molar-refractivity contribution in [1.82, 2.24) is 4.98 Å². The van der Waals surface area contributed by atoms with E-state index in [1.165, 1.54) is 16.2 Å². The molecule has 7 heteroatoms. The van der Waals surface area contributed by atoms with Gasteiger partial charge in [-0.1, -0.05) is 18.2 Å². The van der Waals surface area contributed by atoms with Crippen molar-refractivity contribution < 1.29 is 18.7 Å². The third-order valence-corrected chi connectivity index (χ3v) is 4.81. The van der Waals surface area contributed by atoms with Crippen molar-refractivity contribution in [2.45, 2.75) is 20.0 Å². The van der Waals surface area contributed by atoms with Crippen molar-refractivity contribution >= 4 is 28.9 Å². The van der Waals surface area contributed by atoms with Gasteiger partial charge in [0.25, 0.3) is 5.91 Å². The Morgan fingerprint density at radius 3 is 2.58 bits per heavy atom. The highest BCUT2D eigenvalue weighted by Crippen LogP contribution is 2.28. The number of hydrogen-bond donors (Lipinski definition) is 0. The van der Waals surface area contributed by atoms with E-state index in [0.29, 0.717) is 15.6 Å². The molecule has 2 aromatic heterocycles. The van der Waals surface area contributed by atoms with Crippen LogP contribution in [0.4, 0.5) is 5.69 Å². The molecule has 0 radical (unpaired) electrons. The molecule has 0 fully saturated rings. The van der Waals surface area contributed by atoms with E-state index in [4.69, 9.17) is 9.15 Å². The molecule has 3 rings (SSSR count). The number of thiazole rings is 1. The SMILES string of the molecule is Cc1sc(-c2ccco2)nc1C(=O)OC(C)C(=O)N(C)c1ccccc1. The molecule has 0 bridgehead atoms. The number of anilines is 1. The Balaban J connectivity index is 1.70. The summed E-state index contributed by atoms with van der Waals surface area (Å²) < 4.78 is 10.6. The number of amides is 1. The van der Waals surface area contributed by atoms with Crippen LogP contribution in [-0.2, 0) is 9.53 Å². The molecule has 0 aliphatic heterocycles. The maximum atomic E-state index is 12.5. The second kappa shape index (κ2) is 7.53. The number of furan rings is 1. The van der Waals surface area contributed by atoms with Gasteiger partial charge in [-0.25, -0.2) is 9.78 Å². The maximum Gasteiger partial charge on any atom is 0.358 e. The largest absolute Gasteiger partial charge is 0.462 e. The van der Waals surface area contributed by atoms with Gasteiger partial charge in [0.2, 0.25) is 0 Å². The lowest BCUT2D eigenvalue weighted by atomic mass is 10.2. The number of rotatable bonds is 5. The Morgan fingerprint density at radius 2 is 1.92 bits per heavy atom. The smallest absolute Gasteiger partial charge is 0.358 e. The van der Waals surface area contributed by atoms with Crippen molar-refractivity contribution in [2.75, 3.05) is 11.9 Å². The van der Waals surface area contributed by atoms with Gasteiger partial charge in [0.15, 0.2) is 22.6 Å². The number of aryl methyl sites for hydroxylation is 1. The summed E-state index contributed by atoms with van der Waals surface area (Å²) in [6, 6.07) is 12.7. The molecule has 0 aliphatic carbocycles. The van der Waals surface area contributed by atoms with E-state index in [0.717, 1.165) is 5.69 Å². The van der Waals surface area contributed by atoms with Gasteiger partial charge in [0.05, 0.1) is 6.26 Å². The van der Waals surface area contributed by atoms with Crippen molar-refractivity contribution in [2.24, 2.45) is 0 Å². The molecule has 1 aromatic carbocycles. The number of benzene rings is 1. The number of likely N-dealkylation sites (N-methyl/N-ethyl adjacent to an activating group) is 1. The van der Waals surface area contributed by atoms with Crippen LogP contribution in [0.2, 0.25) is 0 Å². The first kappa shape index (κ1) is 17.9. The second-order valence-electron chi connectivity index (χ2n) is 5.68. The lowest BCUT2D eigenvalue weighted by Crippen LogP contribution is -2.37. The Kier molecular flexibility index (Phi) is 5.18. The fraction of sp³-hybridized carbons (Fsp3) is 0.211. The summed E-state index contributed by atoms with van der Waals surface area (Å²) in [5.41, 5.74) is 0.925. The van der Waals surface area contributed by atoms with Crippen molar-refractivity contribution in [3.8, 4) is 10.8 Å². The topological polar surface area (TPSA) is 72.6 Å². The zero-order chi connectivity index (χ0) is 18.7. The summed E-state index contributed by atoms with van der Waals surface area (Å²) in [6.45, 7) is 3.33. The van der Waals surface area contributed by atoms with Gasteiger partial charge in [-0.05, 0) is 38.1 Å². The summed E-state index contributed by atoms with van der Waals surface area (Å²) in [5, 5.41) is 0.597. The number of carbonyl (C=O) groups is 2. The van der Waals surface area contributed by atoms with Gasteiger partial charge in [-0.3, -0.25) is 4.79 Å². The van der Waals surface area contributed by atoms with Crippen molar-refractivity contribution in [1.29, 1.82) is 0 Å². The van der Waals surface area contributed by atoms with Crippen molar-refractivity contribution in [3.63, 3.8) is 0 Å². The predicted molar refractivity (Wildman–Crippen MR) is 99.3 cm³/mol. The fourth-order valence-corrected chi connectivity index (χ4v) is 3.28. The van der Waals surface area contributed by atoms with Crippen LogP contribution in [0.15, 0.2) is 53.1 Å². The van der Waals surface area contributed by atoms with E-state index in [2.05, 4.69) is 4.98 Å². The zero-order valence-corrected chi connectivity index (χ0v) is 15.4. The zero-order valence-electron chi connectivity index (χ0n) is 14.6. The fourth-order valence-electron chi connectivity index (χ4n) is 2.41. The van der Waals surface area contributed by atoms with Crippen LogP contribution >= 0.6 is 11.3 Å². The first-order valence-electron chi connectivity index (χ1n) is 8.02. The number of para-hydroxylation sites is 1. The molecule has 0 aliphatic rings. The molecule has 1 unspecified atom stereocenters. The highest BCUT2D eigenvalue weighted by molar-refractivity contribution is 7.15. The molecule has 6 nitrogen and oxygen atoms in total. The highest BCUT2D eigenvalue weighted by Gasteiger charge is 2.26. The van der Waals surface area contributed by atoms with Gasteiger partial charge in [0.1, 0.15) is 0 Å². The van der Waals surface area contributed by atoms with E-state index in [1.807, 2.05) is 30.3 Å². The molecule has 0 saturated heterocycles. The van der Waals surface area contributed by atoms with Gasteiger partial charge in [0, 0.05) is 17.6 Å². The quantitative estimate of drug-likeness (QED) is 0.637. The summed E-state index contributed by atoms with van der Waals surface area (Å²) in [6.07, 6.45) is 0.616. The molecule has 3 aromatic rings. The first-order chi connectivity index (χ1) is 12.5. The van der Waals surface area contributed by atoms with Crippen LogP contribution in [0.25, 0.3) is 10.8 Å². The van der Waals surface area contributed by atoms with Gasteiger partial charge >= 0.3 is 5.97 Å². The third kappa shape index (κ3) is 3.67. The summed E-state index contributed by atoms with van der Waals surface area (Å²) in [5.74, 6) is -0.354. The van der Waals surface area contributed by atoms with E-state index in [9.17, 15) is 9.59 Å². The molecule has 2 heterocycles. The molecule has 1 amide bonds. The van der Waals surface area contributed by atoms with Gasteiger partial charge in [-0.15, -0.1) is 11.3 Å². The number of nitrogens with zero attached hydrogens (tertiary/aromatic N) is 2. The van der Waals surface area contributed by atoms with E-state index in [1.54, 1.807) is 39.3 Å². The highest BCUT2D eigenvalue weighted by atomic mass is 32.1. The molecule has 26 heavy (non-hydrogen) atoms. The number of esters is 1.